The first-order valence-electron chi connectivity index (χ1n) is 7.56. The van der Waals surface area contributed by atoms with E-state index in [0.717, 1.165) is 0 Å². The Bertz CT molecular complexity index is 473. The minimum Gasteiger partial charge on any atom is -0.462 e. The number of ether oxygens (including phenoxy) is 1. The second kappa shape index (κ2) is 7.02. The van der Waals surface area contributed by atoms with E-state index in [0.29, 0.717) is 0 Å². The molecule has 2 aliphatic rings. The molecule has 0 saturated heterocycles. The van der Waals surface area contributed by atoms with Crippen molar-refractivity contribution in [3.05, 3.63) is 0 Å². The number of hydrogen-bond donors (Lipinski definition) is 0. The van der Waals surface area contributed by atoms with Crippen molar-refractivity contribution in [3.8, 4) is 6.07 Å². The number of hydrogen-bond acceptors (Lipinski definition) is 3. The molecule has 7 unspecified atom stereocenters. The molecule has 8 heteroatoms. The molecule has 0 N–H and O–H groups in total. The Balaban J connectivity index is 2.00. The Morgan fingerprint density at radius 1 is 1.00 bits per heavy atom. The number of carbonyl (C=O) groups excluding carboxylic acids is 1. The zero-order valence-corrected chi connectivity index (χ0v) is 12.5. The summed E-state index contributed by atoms with van der Waals surface area (Å²) in [5.41, 5.74) is 0. The largest absolute Gasteiger partial charge is 0.462 e. The van der Waals surface area contributed by atoms with E-state index in [2.05, 4.69) is 0 Å². The van der Waals surface area contributed by atoms with Gasteiger partial charge < -0.3 is 4.74 Å². The first-order chi connectivity index (χ1) is 10.8. The summed E-state index contributed by atoms with van der Waals surface area (Å²) in [7, 11) is 0. The van der Waals surface area contributed by atoms with Crippen LogP contribution in [0.25, 0.3) is 0 Å². The summed E-state index contributed by atoms with van der Waals surface area (Å²) in [5.74, 6) is -5.55. The van der Waals surface area contributed by atoms with Gasteiger partial charge in [-0.25, -0.2) is 22.0 Å². The van der Waals surface area contributed by atoms with E-state index in [1.165, 1.54) is 13.0 Å². The molecule has 2 rings (SSSR count). The van der Waals surface area contributed by atoms with Gasteiger partial charge in [0.25, 0.3) is 0 Å². The fourth-order valence-corrected chi connectivity index (χ4v) is 3.24. The smallest absolute Gasteiger partial charge is 0.315 e. The van der Waals surface area contributed by atoms with Gasteiger partial charge in [0.15, 0.2) is 0 Å². The van der Waals surface area contributed by atoms with Crippen LogP contribution >= 0.6 is 0 Å². The number of carbonyl (C=O) groups is 1. The Morgan fingerprint density at radius 3 is 2.09 bits per heavy atom. The number of nitriles is 1. The van der Waals surface area contributed by atoms with Crippen molar-refractivity contribution in [1.29, 1.82) is 5.26 Å². The summed E-state index contributed by atoms with van der Waals surface area (Å²) in [4.78, 5) is 11.9. The fraction of sp³-hybridized carbons (Fsp3) is 0.867. The molecule has 2 fully saturated rings. The Morgan fingerprint density at radius 2 is 1.57 bits per heavy atom. The van der Waals surface area contributed by atoms with Gasteiger partial charge in [-0.15, -0.1) is 0 Å². The minimum absolute atomic E-state index is 0.319. The molecule has 0 bridgehead atoms. The molecule has 0 radical (unpaired) electrons. The van der Waals surface area contributed by atoms with Crippen LogP contribution in [0.5, 0.6) is 0 Å². The van der Waals surface area contributed by atoms with Gasteiger partial charge in [0.2, 0.25) is 0 Å². The van der Waals surface area contributed by atoms with Crippen LogP contribution < -0.4 is 0 Å². The van der Waals surface area contributed by atoms with E-state index in [1.807, 2.05) is 0 Å². The summed E-state index contributed by atoms with van der Waals surface area (Å²) in [5, 5.41) is 8.65. The molecule has 0 amide bonds. The SMILES string of the molecule is CC1CC(F)C(C(=O)OC2CC(F)C(C#N)C(F)C2)C(F)C1F. The quantitative estimate of drug-likeness (QED) is 0.573. The molecule has 0 aromatic rings. The molecular weight excluding hydrogens is 321 g/mol. The Kier molecular flexibility index (Phi) is 5.48. The van der Waals surface area contributed by atoms with Gasteiger partial charge in [-0.1, -0.05) is 6.92 Å². The third-order valence-corrected chi connectivity index (χ3v) is 4.64. The maximum Gasteiger partial charge on any atom is 0.315 e. The average molecular weight is 339 g/mol. The first kappa shape index (κ1) is 18.0. The molecule has 2 saturated carbocycles. The highest BCUT2D eigenvalue weighted by Crippen LogP contribution is 2.38. The van der Waals surface area contributed by atoms with Crippen molar-refractivity contribution >= 4 is 5.97 Å². The zero-order chi connectivity index (χ0) is 17.3. The molecule has 23 heavy (non-hydrogen) atoms. The van der Waals surface area contributed by atoms with Crippen LogP contribution in [0, 0.1) is 29.1 Å². The molecule has 7 atom stereocenters. The van der Waals surface area contributed by atoms with Crippen molar-refractivity contribution in [2.24, 2.45) is 17.8 Å². The van der Waals surface area contributed by atoms with Gasteiger partial charge in [-0.05, 0) is 12.3 Å². The lowest BCUT2D eigenvalue weighted by molar-refractivity contribution is -0.169. The number of halogens is 5. The summed E-state index contributed by atoms with van der Waals surface area (Å²) in [6.45, 7) is 1.34. The Labute approximate surface area is 130 Å². The second-order valence-electron chi connectivity index (χ2n) is 6.36. The van der Waals surface area contributed by atoms with Crippen LogP contribution in [0.4, 0.5) is 22.0 Å². The van der Waals surface area contributed by atoms with Gasteiger partial charge in [-0.2, -0.15) is 5.26 Å². The molecule has 130 valence electrons. The topological polar surface area (TPSA) is 50.1 Å². The lowest BCUT2D eigenvalue weighted by atomic mass is 9.78. The lowest BCUT2D eigenvalue weighted by Crippen LogP contribution is -2.49. The Hall–Kier alpha value is -1.39. The summed E-state index contributed by atoms with van der Waals surface area (Å²) < 4.78 is 73.6. The van der Waals surface area contributed by atoms with E-state index in [9.17, 15) is 26.7 Å². The van der Waals surface area contributed by atoms with Crippen molar-refractivity contribution in [2.75, 3.05) is 0 Å². The normalized spacial score (nSPS) is 47.6. The van der Waals surface area contributed by atoms with Crippen molar-refractivity contribution in [3.63, 3.8) is 0 Å². The van der Waals surface area contributed by atoms with Gasteiger partial charge in [0.1, 0.15) is 48.8 Å². The van der Waals surface area contributed by atoms with Crippen LogP contribution in [0.2, 0.25) is 0 Å². The molecule has 0 heterocycles. The highest BCUT2D eigenvalue weighted by Gasteiger charge is 2.50. The van der Waals surface area contributed by atoms with Crippen molar-refractivity contribution in [1.82, 2.24) is 0 Å². The summed E-state index contributed by atoms with van der Waals surface area (Å²) in [6, 6.07) is 1.51. The van der Waals surface area contributed by atoms with Crippen LogP contribution in [0.15, 0.2) is 0 Å². The minimum atomic E-state index is -2.35. The van der Waals surface area contributed by atoms with Gasteiger partial charge in [-0.3, -0.25) is 4.79 Å². The van der Waals surface area contributed by atoms with Crippen LogP contribution in [0.3, 0.4) is 0 Å². The van der Waals surface area contributed by atoms with E-state index in [1.54, 1.807) is 0 Å². The predicted molar refractivity (Wildman–Crippen MR) is 70.0 cm³/mol. The number of nitrogens with zero attached hydrogens (tertiary/aromatic N) is 1. The highest BCUT2D eigenvalue weighted by molar-refractivity contribution is 5.74. The molecular formula is C15H18F5NO2. The van der Waals surface area contributed by atoms with Crippen LogP contribution in [-0.4, -0.2) is 42.9 Å². The fourth-order valence-electron chi connectivity index (χ4n) is 3.24. The molecule has 3 nitrogen and oxygen atoms in total. The monoisotopic (exact) mass is 339 g/mol. The van der Waals surface area contributed by atoms with E-state index in [4.69, 9.17) is 10.00 Å². The van der Waals surface area contributed by atoms with Crippen molar-refractivity contribution in [2.45, 2.75) is 63.1 Å². The highest BCUT2D eigenvalue weighted by atomic mass is 19.2. The van der Waals surface area contributed by atoms with E-state index in [-0.39, 0.29) is 6.42 Å². The molecule has 0 spiro atoms. The van der Waals surface area contributed by atoms with Crippen LogP contribution in [0.1, 0.15) is 26.2 Å². The van der Waals surface area contributed by atoms with E-state index < -0.39 is 73.5 Å². The predicted octanol–water partition coefficient (Wildman–Crippen LogP) is 3.18. The third-order valence-electron chi connectivity index (χ3n) is 4.64. The third kappa shape index (κ3) is 3.59. The van der Waals surface area contributed by atoms with Crippen LogP contribution in [-0.2, 0) is 9.53 Å². The molecule has 2 aliphatic carbocycles. The molecule has 0 aliphatic heterocycles. The number of esters is 1. The first-order valence-corrected chi connectivity index (χ1v) is 7.56. The summed E-state index contributed by atoms with van der Waals surface area (Å²) in [6.07, 6.45) is -12.3. The maximum absolute atomic E-state index is 13.9. The second-order valence-corrected chi connectivity index (χ2v) is 6.36. The molecule has 0 aromatic heterocycles. The van der Waals surface area contributed by atoms with Gasteiger partial charge in [0.05, 0.1) is 6.07 Å². The lowest BCUT2D eigenvalue weighted by Gasteiger charge is -2.36. The van der Waals surface area contributed by atoms with E-state index >= 15 is 0 Å². The van der Waals surface area contributed by atoms with Gasteiger partial charge >= 0.3 is 5.97 Å². The van der Waals surface area contributed by atoms with Crippen molar-refractivity contribution < 1.29 is 31.5 Å². The zero-order valence-electron chi connectivity index (χ0n) is 12.5. The van der Waals surface area contributed by atoms with Gasteiger partial charge in [0, 0.05) is 12.8 Å². The number of rotatable bonds is 2. The summed E-state index contributed by atoms with van der Waals surface area (Å²) >= 11 is 0. The maximum atomic E-state index is 13.9. The average Bonchev–Trinajstić information content (AvgIpc) is 2.44. The standard InChI is InChI=1S/C15H18F5NO2/c1-6-2-11(18)12(14(20)13(6)19)15(22)23-7-3-9(16)8(5-21)10(17)4-7/h6-14H,2-4H2,1H3. The molecule has 0 aromatic carbocycles. The number of alkyl halides is 5.